The maximum absolute atomic E-state index is 12.0. The molecule has 0 saturated carbocycles. The van der Waals surface area contributed by atoms with E-state index in [1.54, 1.807) is 24.3 Å². The Morgan fingerprint density at radius 2 is 1.63 bits per heavy atom. The summed E-state index contributed by atoms with van der Waals surface area (Å²) in [5.74, 6) is -0.316. The molecule has 1 N–H and O–H groups in total. The third kappa shape index (κ3) is 7.01. The number of esters is 1. The summed E-state index contributed by atoms with van der Waals surface area (Å²) in [7, 11) is -0.581. The number of rotatable bonds is 10. The lowest BCUT2D eigenvalue weighted by molar-refractivity contribution is -0.144. The van der Waals surface area contributed by atoms with Crippen LogP contribution < -0.4 is 10.1 Å². The van der Waals surface area contributed by atoms with Crippen molar-refractivity contribution in [2.45, 2.75) is 11.3 Å². The van der Waals surface area contributed by atoms with Crippen LogP contribution in [0.4, 0.5) is 0 Å². The summed E-state index contributed by atoms with van der Waals surface area (Å²) in [6, 6.07) is 12.4. The number of hydrogen-bond donors (Lipinski definition) is 1. The van der Waals surface area contributed by atoms with Gasteiger partial charge in [0.1, 0.15) is 19.0 Å². The fourth-order valence-electron chi connectivity index (χ4n) is 2.29. The summed E-state index contributed by atoms with van der Waals surface area (Å²) in [4.78, 5) is 23.8. The van der Waals surface area contributed by atoms with Gasteiger partial charge in [0.25, 0.3) is 5.91 Å². The lowest BCUT2D eigenvalue weighted by atomic mass is 10.2. The summed E-state index contributed by atoms with van der Waals surface area (Å²) in [5.41, 5.74) is 0.450. The van der Waals surface area contributed by atoms with E-state index in [1.807, 2.05) is 0 Å². The van der Waals surface area contributed by atoms with Gasteiger partial charge in [0.05, 0.1) is 11.3 Å². The van der Waals surface area contributed by atoms with Crippen LogP contribution in [-0.4, -0.2) is 58.5 Å². The Balaban J connectivity index is 1.65. The Kier molecular flexibility index (Phi) is 8.64. The summed E-state index contributed by atoms with van der Waals surface area (Å²) < 4.78 is 35.6. The van der Waals surface area contributed by atoms with Crippen LogP contribution in [-0.2, 0) is 19.6 Å². The maximum atomic E-state index is 12.0. The number of hydrogen-bond acceptors (Lipinski definition) is 6. The molecule has 10 heteroatoms. The fraction of sp³-hybridized carbons (Fsp3) is 0.300. The van der Waals surface area contributed by atoms with Crippen molar-refractivity contribution < 1.29 is 27.5 Å². The van der Waals surface area contributed by atoms with Crippen LogP contribution in [0.25, 0.3) is 0 Å². The van der Waals surface area contributed by atoms with Crippen molar-refractivity contribution in [3.63, 3.8) is 0 Å². The van der Waals surface area contributed by atoms with E-state index < -0.39 is 16.0 Å². The van der Waals surface area contributed by atoms with Crippen molar-refractivity contribution in [3.05, 3.63) is 59.1 Å². The van der Waals surface area contributed by atoms with Crippen LogP contribution in [0.2, 0.25) is 5.02 Å². The lowest BCUT2D eigenvalue weighted by Gasteiger charge is -2.12. The van der Waals surface area contributed by atoms with Crippen LogP contribution in [0.1, 0.15) is 16.8 Å². The van der Waals surface area contributed by atoms with Crippen LogP contribution >= 0.6 is 11.6 Å². The highest BCUT2D eigenvalue weighted by atomic mass is 35.5. The van der Waals surface area contributed by atoms with E-state index >= 15 is 0 Å². The minimum Gasteiger partial charge on any atom is -0.490 e. The van der Waals surface area contributed by atoms with E-state index in [-0.39, 0.29) is 37.0 Å². The van der Waals surface area contributed by atoms with Crippen molar-refractivity contribution in [1.29, 1.82) is 0 Å². The molecule has 30 heavy (non-hydrogen) atoms. The molecule has 0 atom stereocenters. The largest absolute Gasteiger partial charge is 0.490 e. The zero-order chi connectivity index (χ0) is 22.1. The molecule has 2 rings (SSSR count). The molecule has 2 aromatic rings. The van der Waals surface area contributed by atoms with Gasteiger partial charge in [-0.3, -0.25) is 9.59 Å². The summed E-state index contributed by atoms with van der Waals surface area (Å²) in [6.45, 7) is 0.285. The smallest absolute Gasteiger partial charge is 0.307 e. The van der Waals surface area contributed by atoms with E-state index in [0.29, 0.717) is 16.3 Å². The number of nitrogens with zero attached hydrogens (tertiary/aromatic N) is 1. The van der Waals surface area contributed by atoms with Gasteiger partial charge in [0.15, 0.2) is 0 Å². The molecule has 2 aromatic carbocycles. The van der Waals surface area contributed by atoms with Gasteiger partial charge in [-0.2, -0.15) is 0 Å². The SMILES string of the molecule is CN(C)S(=O)(=O)c1ccc(OCCOC(=O)CCNC(=O)c2ccc(Cl)cc2)cc1. The van der Waals surface area contributed by atoms with Crippen LogP contribution in [0.3, 0.4) is 0 Å². The molecule has 0 spiro atoms. The number of carbonyl (C=O) groups is 2. The van der Waals surface area contributed by atoms with Crippen molar-refractivity contribution >= 4 is 33.5 Å². The number of halogens is 1. The van der Waals surface area contributed by atoms with Gasteiger partial charge in [-0.1, -0.05) is 11.6 Å². The zero-order valence-corrected chi connectivity index (χ0v) is 18.2. The third-order valence-corrected chi connectivity index (χ3v) is 6.02. The minimum atomic E-state index is -3.49. The van der Waals surface area contributed by atoms with Gasteiger partial charge in [-0.15, -0.1) is 0 Å². The van der Waals surface area contributed by atoms with Gasteiger partial charge in [0.2, 0.25) is 10.0 Å². The molecule has 0 radical (unpaired) electrons. The standard InChI is InChI=1S/C20H23ClN2O6S/c1-23(2)30(26,27)18-9-7-17(8-10-18)28-13-14-29-19(24)11-12-22-20(25)15-3-5-16(21)6-4-15/h3-10H,11-14H2,1-2H3,(H,22,25). The summed E-state index contributed by atoms with van der Waals surface area (Å²) in [5, 5.41) is 3.16. The number of amides is 1. The summed E-state index contributed by atoms with van der Waals surface area (Å²) >= 11 is 5.77. The van der Waals surface area contributed by atoms with Crippen molar-refractivity contribution in [2.75, 3.05) is 33.9 Å². The molecule has 0 aliphatic heterocycles. The van der Waals surface area contributed by atoms with Crippen LogP contribution in [0, 0.1) is 0 Å². The Hall–Kier alpha value is -2.62. The second kappa shape index (κ2) is 11.0. The molecule has 0 bridgehead atoms. The van der Waals surface area contributed by atoms with Crippen LogP contribution in [0.5, 0.6) is 5.75 Å². The van der Waals surface area contributed by atoms with Gasteiger partial charge >= 0.3 is 5.97 Å². The van der Waals surface area contributed by atoms with E-state index in [4.69, 9.17) is 21.1 Å². The molecule has 0 fully saturated rings. The highest BCUT2D eigenvalue weighted by Gasteiger charge is 2.16. The second-order valence-electron chi connectivity index (χ2n) is 6.34. The molecule has 1 amide bonds. The maximum Gasteiger partial charge on any atom is 0.307 e. The van der Waals surface area contributed by atoms with Crippen molar-refractivity contribution in [1.82, 2.24) is 9.62 Å². The normalized spacial score (nSPS) is 11.2. The Morgan fingerprint density at radius 3 is 2.23 bits per heavy atom. The number of nitrogens with one attached hydrogen (secondary N) is 1. The molecule has 8 nitrogen and oxygen atoms in total. The highest BCUT2D eigenvalue weighted by molar-refractivity contribution is 7.89. The average molecular weight is 455 g/mol. The predicted molar refractivity (Wildman–Crippen MR) is 112 cm³/mol. The average Bonchev–Trinajstić information content (AvgIpc) is 2.72. The highest BCUT2D eigenvalue weighted by Crippen LogP contribution is 2.18. The van der Waals surface area contributed by atoms with Crippen molar-refractivity contribution in [2.24, 2.45) is 0 Å². The molecule has 0 aliphatic rings. The Labute approximate surface area is 180 Å². The molecular weight excluding hydrogens is 432 g/mol. The first-order chi connectivity index (χ1) is 14.2. The van der Waals surface area contributed by atoms with E-state index in [9.17, 15) is 18.0 Å². The first-order valence-electron chi connectivity index (χ1n) is 9.05. The van der Waals surface area contributed by atoms with E-state index in [0.717, 1.165) is 4.31 Å². The molecule has 0 heterocycles. The topological polar surface area (TPSA) is 102 Å². The molecular formula is C20H23ClN2O6S. The quantitative estimate of drug-likeness (QED) is 0.436. The monoisotopic (exact) mass is 454 g/mol. The molecule has 0 unspecified atom stereocenters. The number of ether oxygens (including phenoxy) is 2. The molecule has 0 saturated heterocycles. The second-order valence-corrected chi connectivity index (χ2v) is 8.93. The van der Waals surface area contributed by atoms with Crippen LogP contribution in [0.15, 0.2) is 53.4 Å². The molecule has 0 aliphatic carbocycles. The summed E-state index contributed by atoms with van der Waals surface area (Å²) in [6.07, 6.45) is 0.0242. The Morgan fingerprint density at radius 1 is 1.00 bits per heavy atom. The number of sulfonamides is 1. The van der Waals surface area contributed by atoms with E-state index in [1.165, 1.54) is 38.4 Å². The molecule has 0 aromatic heterocycles. The number of benzene rings is 2. The lowest BCUT2D eigenvalue weighted by Crippen LogP contribution is -2.26. The number of carbonyl (C=O) groups excluding carboxylic acids is 2. The van der Waals surface area contributed by atoms with Gasteiger partial charge in [-0.25, -0.2) is 12.7 Å². The minimum absolute atomic E-state index is 0.0242. The van der Waals surface area contributed by atoms with Crippen molar-refractivity contribution in [3.8, 4) is 5.75 Å². The zero-order valence-electron chi connectivity index (χ0n) is 16.6. The van der Waals surface area contributed by atoms with E-state index in [2.05, 4.69) is 5.32 Å². The third-order valence-electron chi connectivity index (χ3n) is 3.94. The fourth-order valence-corrected chi connectivity index (χ4v) is 3.31. The first kappa shape index (κ1) is 23.7. The van der Waals surface area contributed by atoms with Gasteiger partial charge in [-0.05, 0) is 48.5 Å². The van der Waals surface area contributed by atoms with Gasteiger partial charge in [0, 0.05) is 31.2 Å². The molecule has 162 valence electrons. The predicted octanol–water partition coefficient (Wildman–Crippen LogP) is 2.33. The first-order valence-corrected chi connectivity index (χ1v) is 10.9. The van der Waals surface area contributed by atoms with Gasteiger partial charge < -0.3 is 14.8 Å². The Bertz CT molecular complexity index is 960.